The maximum absolute atomic E-state index is 11.7. The summed E-state index contributed by atoms with van der Waals surface area (Å²) in [6.45, 7) is 1.94. The first-order chi connectivity index (χ1) is 7.33. The van der Waals surface area contributed by atoms with Gasteiger partial charge in [0.05, 0.1) is 7.11 Å². The molecule has 1 saturated heterocycles. The SMILES string of the molecule is COC(=O)C(c1ccc[nH]1)N1CCCC1. The van der Waals surface area contributed by atoms with Crippen molar-refractivity contribution in [1.82, 2.24) is 9.88 Å². The molecule has 2 heterocycles. The average molecular weight is 208 g/mol. The van der Waals surface area contributed by atoms with Gasteiger partial charge in [-0.05, 0) is 38.1 Å². The Morgan fingerprint density at radius 3 is 2.80 bits per heavy atom. The number of nitrogens with zero attached hydrogens (tertiary/aromatic N) is 1. The predicted octanol–water partition coefficient (Wildman–Crippen LogP) is 1.32. The Hall–Kier alpha value is -1.29. The second-order valence-electron chi connectivity index (χ2n) is 3.79. The Kier molecular flexibility index (Phi) is 3.06. The lowest BCUT2D eigenvalue weighted by atomic mass is 10.2. The van der Waals surface area contributed by atoms with E-state index in [0.29, 0.717) is 0 Å². The standard InChI is InChI=1S/C11H16N2O2/c1-15-11(14)10(9-5-4-6-12-9)13-7-2-3-8-13/h4-6,10,12H,2-3,7-8H2,1H3. The van der Waals surface area contributed by atoms with Crippen molar-refractivity contribution in [1.29, 1.82) is 0 Å². The summed E-state index contributed by atoms with van der Waals surface area (Å²) in [5.41, 5.74) is 0.920. The molecule has 1 atom stereocenters. The molecule has 82 valence electrons. The third-order valence-electron chi connectivity index (χ3n) is 2.85. The van der Waals surface area contributed by atoms with Crippen LogP contribution >= 0.6 is 0 Å². The Labute approximate surface area is 89.2 Å². The zero-order valence-electron chi connectivity index (χ0n) is 8.90. The van der Waals surface area contributed by atoms with Crippen molar-refractivity contribution in [2.75, 3.05) is 20.2 Å². The summed E-state index contributed by atoms with van der Waals surface area (Å²) in [7, 11) is 1.44. The molecule has 4 heteroatoms. The number of likely N-dealkylation sites (tertiary alicyclic amines) is 1. The van der Waals surface area contributed by atoms with Gasteiger partial charge in [0, 0.05) is 11.9 Å². The molecular weight excluding hydrogens is 192 g/mol. The fourth-order valence-corrected chi connectivity index (χ4v) is 2.10. The Morgan fingerprint density at radius 2 is 2.27 bits per heavy atom. The van der Waals surface area contributed by atoms with E-state index in [4.69, 9.17) is 4.74 Å². The van der Waals surface area contributed by atoms with Crippen molar-refractivity contribution in [2.24, 2.45) is 0 Å². The second kappa shape index (κ2) is 4.49. The van der Waals surface area contributed by atoms with Gasteiger partial charge in [-0.15, -0.1) is 0 Å². The first-order valence-corrected chi connectivity index (χ1v) is 5.28. The van der Waals surface area contributed by atoms with Gasteiger partial charge in [-0.2, -0.15) is 0 Å². The smallest absolute Gasteiger partial charge is 0.329 e. The molecule has 0 spiro atoms. The van der Waals surface area contributed by atoms with Crippen LogP contribution in [0.1, 0.15) is 24.6 Å². The Balaban J connectivity index is 2.19. The van der Waals surface area contributed by atoms with Crippen LogP contribution in [0.2, 0.25) is 0 Å². The van der Waals surface area contributed by atoms with Gasteiger partial charge in [0.15, 0.2) is 0 Å². The molecular formula is C11H16N2O2. The van der Waals surface area contributed by atoms with Crippen LogP contribution in [0.25, 0.3) is 0 Å². The average Bonchev–Trinajstić information content (AvgIpc) is 2.90. The van der Waals surface area contributed by atoms with Crippen molar-refractivity contribution in [3.05, 3.63) is 24.0 Å². The number of ether oxygens (including phenoxy) is 1. The zero-order valence-corrected chi connectivity index (χ0v) is 8.90. The number of rotatable bonds is 3. The molecule has 1 aromatic heterocycles. The number of nitrogens with one attached hydrogen (secondary N) is 1. The largest absolute Gasteiger partial charge is 0.468 e. The summed E-state index contributed by atoms with van der Waals surface area (Å²) >= 11 is 0. The number of aromatic amines is 1. The highest BCUT2D eigenvalue weighted by molar-refractivity contribution is 5.77. The van der Waals surface area contributed by atoms with E-state index in [2.05, 4.69) is 9.88 Å². The number of hydrogen-bond acceptors (Lipinski definition) is 3. The first kappa shape index (κ1) is 10.2. The minimum atomic E-state index is -0.257. The molecule has 4 nitrogen and oxygen atoms in total. The quantitative estimate of drug-likeness (QED) is 0.762. The number of carbonyl (C=O) groups excluding carboxylic acids is 1. The van der Waals surface area contributed by atoms with Gasteiger partial charge in [-0.25, -0.2) is 4.79 Å². The van der Waals surface area contributed by atoms with Gasteiger partial charge in [0.25, 0.3) is 0 Å². The number of H-pyrrole nitrogens is 1. The van der Waals surface area contributed by atoms with Crippen LogP contribution in [0.5, 0.6) is 0 Å². The van der Waals surface area contributed by atoms with Crippen molar-refractivity contribution in [3.8, 4) is 0 Å². The molecule has 0 saturated carbocycles. The topological polar surface area (TPSA) is 45.3 Å². The number of aromatic nitrogens is 1. The van der Waals surface area contributed by atoms with E-state index in [1.54, 1.807) is 0 Å². The van der Waals surface area contributed by atoms with E-state index in [-0.39, 0.29) is 12.0 Å². The van der Waals surface area contributed by atoms with Crippen molar-refractivity contribution in [2.45, 2.75) is 18.9 Å². The fraction of sp³-hybridized carbons (Fsp3) is 0.545. The number of esters is 1. The van der Waals surface area contributed by atoms with Gasteiger partial charge in [0.1, 0.15) is 6.04 Å². The van der Waals surface area contributed by atoms with Crippen LogP contribution in [0.3, 0.4) is 0 Å². The lowest BCUT2D eigenvalue weighted by Crippen LogP contribution is -2.32. The Bertz CT molecular complexity index is 315. The lowest BCUT2D eigenvalue weighted by Gasteiger charge is -2.24. The number of hydrogen-bond donors (Lipinski definition) is 1. The second-order valence-corrected chi connectivity index (χ2v) is 3.79. The highest BCUT2D eigenvalue weighted by Crippen LogP contribution is 2.24. The predicted molar refractivity (Wildman–Crippen MR) is 56.4 cm³/mol. The molecule has 2 rings (SSSR count). The van der Waals surface area contributed by atoms with Crippen molar-refractivity contribution >= 4 is 5.97 Å². The summed E-state index contributed by atoms with van der Waals surface area (Å²) < 4.78 is 4.85. The third kappa shape index (κ3) is 2.04. The molecule has 15 heavy (non-hydrogen) atoms. The molecule has 0 aromatic carbocycles. The minimum absolute atomic E-state index is 0.181. The fourth-order valence-electron chi connectivity index (χ4n) is 2.10. The molecule has 0 aliphatic carbocycles. The van der Waals surface area contributed by atoms with Crippen LogP contribution in [0, 0.1) is 0 Å². The summed E-state index contributed by atoms with van der Waals surface area (Å²) in [6, 6.07) is 3.58. The molecule has 0 radical (unpaired) electrons. The minimum Gasteiger partial charge on any atom is -0.468 e. The van der Waals surface area contributed by atoms with Gasteiger partial charge in [0.2, 0.25) is 0 Å². The van der Waals surface area contributed by atoms with Crippen LogP contribution < -0.4 is 0 Å². The van der Waals surface area contributed by atoms with E-state index in [1.807, 2.05) is 18.3 Å². The monoisotopic (exact) mass is 208 g/mol. The maximum Gasteiger partial charge on any atom is 0.329 e. The maximum atomic E-state index is 11.7. The van der Waals surface area contributed by atoms with Gasteiger partial charge >= 0.3 is 5.97 Å². The highest BCUT2D eigenvalue weighted by Gasteiger charge is 2.30. The van der Waals surface area contributed by atoms with Crippen molar-refractivity contribution < 1.29 is 9.53 Å². The zero-order chi connectivity index (χ0) is 10.7. The number of methoxy groups -OCH3 is 1. The molecule has 1 unspecified atom stereocenters. The normalized spacial score (nSPS) is 19.0. The summed E-state index contributed by atoms with van der Waals surface area (Å²) in [6.07, 6.45) is 4.16. The molecule has 0 amide bonds. The summed E-state index contributed by atoms with van der Waals surface area (Å²) in [5, 5.41) is 0. The molecule has 1 N–H and O–H groups in total. The van der Waals surface area contributed by atoms with Gasteiger partial charge in [-0.1, -0.05) is 0 Å². The number of carbonyl (C=O) groups is 1. The summed E-state index contributed by atoms with van der Waals surface area (Å²) in [4.78, 5) is 17.0. The molecule has 1 aliphatic heterocycles. The van der Waals surface area contributed by atoms with Crippen molar-refractivity contribution in [3.63, 3.8) is 0 Å². The lowest BCUT2D eigenvalue weighted by molar-refractivity contribution is -0.147. The van der Waals surface area contributed by atoms with Gasteiger partial charge in [-0.3, -0.25) is 4.90 Å². The summed E-state index contributed by atoms with van der Waals surface area (Å²) in [5.74, 6) is -0.181. The molecule has 1 aromatic rings. The third-order valence-corrected chi connectivity index (χ3v) is 2.85. The highest BCUT2D eigenvalue weighted by atomic mass is 16.5. The Morgan fingerprint density at radius 1 is 1.53 bits per heavy atom. The molecule has 1 fully saturated rings. The van der Waals surface area contributed by atoms with E-state index in [9.17, 15) is 4.79 Å². The van der Waals surface area contributed by atoms with Gasteiger partial charge < -0.3 is 9.72 Å². The van der Waals surface area contributed by atoms with Crippen LogP contribution in [-0.2, 0) is 9.53 Å². The van der Waals surface area contributed by atoms with Crippen LogP contribution in [0.15, 0.2) is 18.3 Å². The van der Waals surface area contributed by atoms with Crippen LogP contribution in [0.4, 0.5) is 0 Å². The van der Waals surface area contributed by atoms with Crippen LogP contribution in [-0.4, -0.2) is 36.1 Å². The van der Waals surface area contributed by atoms with E-state index in [1.165, 1.54) is 7.11 Å². The van der Waals surface area contributed by atoms with E-state index < -0.39 is 0 Å². The van der Waals surface area contributed by atoms with E-state index >= 15 is 0 Å². The molecule has 0 bridgehead atoms. The van der Waals surface area contributed by atoms with E-state index in [0.717, 1.165) is 31.6 Å². The molecule has 1 aliphatic rings. The first-order valence-electron chi connectivity index (χ1n) is 5.28.